The molecule has 2 rings (SSSR count). The van der Waals surface area contributed by atoms with Gasteiger partial charge in [-0.2, -0.15) is 0 Å². The van der Waals surface area contributed by atoms with E-state index in [0.717, 1.165) is 0 Å². The molecule has 2 aromatic rings. The lowest BCUT2D eigenvalue weighted by Crippen LogP contribution is -2.26. The first-order chi connectivity index (χ1) is 8.59. The topological polar surface area (TPSA) is 42.2 Å². The summed E-state index contributed by atoms with van der Waals surface area (Å²) < 4.78 is 5.21. The number of rotatable bonds is 3. The molecule has 1 heterocycles. The number of carbonyl (C=O) groups excluding carboxylic acids is 1. The van der Waals surface area contributed by atoms with Crippen molar-refractivity contribution in [3.8, 4) is 0 Å². The fourth-order valence-corrected chi connectivity index (χ4v) is 1.95. The van der Waals surface area contributed by atoms with Crippen molar-refractivity contribution in [3.05, 3.63) is 58.0 Å². The maximum Gasteiger partial charge on any atom is 0.253 e. The summed E-state index contributed by atoms with van der Waals surface area (Å²) in [7, 11) is 0. The minimum Gasteiger partial charge on any atom is -0.467 e. The van der Waals surface area contributed by atoms with Crippen molar-refractivity contribution in [2.45, 2.75) is 13.0 Å². The zero-order valence-corrected chi connectivity index (χ0v) is 11.1. The van der Waals surface area contributed by atoms with E-state index in [9.17, 15) is 4.79 Å². The van der Waals surface area contributed by atoms with Crippen molar-refractivity contribution in [2.24, 2.45) is 0 Å². The van der Waals surface area contributed by atoms with Gasteiger partial charge in [0.05, 0.1) is 27.9 Å². The monoisotopic (exact) mass is 283 g/mol. The average Bonchev–Trinajstić information content (AvgIpc) is 2.86. The Bertz CT molecular complexity index is 552. The van der Waals surface area contributed by atoms with Gasteiger partial charge in [0.25, 0.3) is 5.91 Å². The molecular formula is C13H11Cl2NO2. The summed E-state index contributed by atoms with van der Waals surface area (Å²) >= 11 is 11.8. The summed E-state index contributed by atoms with van der Waals surface area (Å²) in [4.78, 5) is 12.0. The SMILES string of the molecule is CC(NC(=O)c1cccc(Cl)c1Cl)c1ccco1. The second-order valence-corrected chi connectivity index (χ2v) is 4.60. The molecule has 0 aliphatic heterocycles. The van der Waals surface area contributed by atoms with Crippen LogP contribution in [-0.4, -0.2) is 5.91 Å². The maximum absolute atomic E-state index is 12.0. The Kier molecular flexibility index (Phi) is 3.94. The molecule has 1 unspecified atom stereocenters. The molecule has 18 heavy (non-hydrogen) atoms. The minimum atomic E-state index is -0.286. The van der Waals surface area contributed by atoms with E-state index in [2.05, 4.69) is 5.32 Å². The third-order valence-corrected chi connectivity index (χ3v) is 3.33. The molecule has 0 radical (unpaired) electrons. The highest BCUT2D eigenvalue weighted by atomic mass is 35.5. The molecular weight excluding hydrogens is 273 g/mol. The predicted octanol–water partition coefficient (Wildman–Crippen LogP) is 4.08. The van der Waals surface area contributed by atoms with Crippen LogP contribution < -0.4 is 5.32 Å². The number of carbonyl (C=O) groups is 1. The Balaban J connectivity index is 2.15. The lowest BCUT2D eigenvalue weighted by molar-refractivity contribution is 0.0935. The maximum atomic E-state index is 12.0. The van der Waals surface area contributed by atoms with E-state index in [4.69, 9.17) is 27.6 Å². The van der Waals surface area contributed by atoms with Crippen LogP contribution in [-0.2, 0) is 0 Å². The molecule has 5 heteroatoms. The van der Waals surface area contributed by atoms with Crippen LogP contribution in [0.3, 0.4) is 0 Å². The van der Waals surface area contributed by atoms with Crippen molar-refractivity contribution in [1.29, 1.82) is 0 Å². The lowest BCUT2D eigenvalue weighted by atomic mass is 10.2. The largest absolute Gasteiger partial charge is 0.467 e. The Hall–Kier alpha value is -1.45. The van der Waals surface area contributed by atoms with Gasteiger partial charge in [0.1, 0.15) is 5.76 Å². The summed E-state index contributed by atoms with van der Waals surface area (Å²) in [5.74, 6) is 0.396. The fraction of sp³-hybridized carbons (Fsp3) is 0.154. The van der Waals surface area contributed by atoms with Gasteiger partial charge in [-0.3, -0.25) is 4.79 Å². The number of furan rings is 1. The first kappa shape index (κ1) is 13.0. The summed E-state index contributed by atoms with van der Waals surface area (Å²) in [5.41, 5.74) is 0.350. The van der Waals surface area contributed by atoms with Crippen LogP contribution in [0.4, 0.5) is 0 Å². The van der Waals surface area contributed by atoms with Crippen LogP contribution in [0.5, 0.6) is 0 Å². The molecule has 1 atom stereocenters. The van der Waals surface area contributed by atoms with E-state index in [1.165, 1.54) is 0 Å². The molecule has 0 spiro atoms. The fourth-order valence-electron chi connectivity index (χ4n) is 1.56. The summed E-state index contributed by atoms with van der Waals surface area (Å²) in [6, 6.07) is 8.27. The van der Waals surface area contributed by atoms with Gasteiger partial charge in [0, 0.05) is 0 Å². The van der Waals surface area contributed by atoms with E-state index in [1.807, 2.05) is 6.92 Å². The standard InChI is InChI=1S/C13H11Cl2NO2/c1-8(11-6-3-7-18-11)16-13(17)9-4-2-5-10(14)12(9)15/h2-8H,1H3,(H,16,17). The van der Waals surface area contributed by atoms with Crippen molar-refractivity contribution >= 4 is 29.1 Å². The van der Waals surface area contributed by atoms with Crippen LogP contribution >= 0.6 is 23.2 Å². The Morgan fingerprint density at radius 2 is 2.06 bits per heavy atom. The first-order valence-electron chi connectivity index (χ1n) is 5.38. The van der Waals surface area contributed by atoms with E-state index < -0.39 is 0 Å². The number of hydrogen-bond donors (Lipinski definition) is 1. The van der Waals surface area contributed by atoms with E-state index >= 15 is 0 Å². The van der Waals surface area contributed by atoms with Gasteiger partial charge in [-0.1, -0.05) is 29.3 Å². The van der Waals surface area contributed by atoms with E-state index in [0.29, 0.717) is 16.3 Å². The van der Waals surface area contributed by atoms with Crippen LogP contribution in [0.2, 0.25) is 10.0 Å². The van der Waals surface area contributed by atoms with Gasteiger partial charge in [0.2, 0.25) is 0 Å². The smallest absolute Gasteiger partial charge is 0.253 e. The van der Waals surface area contributed by atoms with Crippen LogP contribution in [0.25, 0.3) is 0 Å². The van der Waals surface area contributed by atoms with Gasteiger partial charge in [-0.15, -0.1) is 0 Å². The summed E-state index contributed by atoms with van der Waals surface area (Å²) in [5, 5.41) is 3.40. The number of halogens is 2. The van der Waals surface area contributed by atoms with Crippen molar-refractivity contribution in [3.63, 3.8) is 0 Å². The van der Waals surface area contributed by atoms with Gasteiger partial charge < -0.3 is 9.73 Å². The van der Waals surface area contributed by atoms with Crippen molar-refractivity contribution in [2.75, 3.05) is 0 Å². The molecule has 0 saturated heterocycles. The molecule has 0 aliphatic rings. The number of amides is 1. The molecule has 1 aromatic heterocycles. The molecule has 1 amide bonds. The predicted molar refractivity (Wildman–Crippen MR) is 71.1 cm³/mol. The Labute approximate surface area is 115 Å². The van der Waals surface area contributed by atoms with Crippen LogP contribution in [0.1, 0.15) is 29.1 Å². The third kappa shape index (κ3) is 2.68. The molecule has 0 saturated carbocycles. The first-order valence-corrected chi connectivity index (χ1v) is 6.13. The quantitative estimate of drug-likeness (QED) is 0.922. The molecule has 0 fully saturated rings. The number of nitrogens with one attached hydrogen (secondary N) is 1. The van der Waals surface area contributed by atoms with Gasteiger partial charge in [-0.25, -0.2) is 0 Å². The molecule has 1 N–H and O–H groups in total. The van der Waals surface area contributed by atoms with Crippen molar-refractivity contribution in [1.82, 2.24) is 5.32 Å². The van der Waals surface area contributed by atoms with Crippen molar-refractivity contribution < 1.29 is 9.21 Å². The minimum absolute atomic E-state index is 0.234. The number of hydrogen-bond acceptors (Lipinski definition) is 2. The Morgan fingerprint density at radius 1 is 1.28 bits per heavy atom. The molecule has 0 bridgehead atoms. The summed E-state index contributed by atoms with van der Waals surface area (Å²) in [6.45, 7) is 1.83. The second-order valence-electron chi connectivity index (χ2n) is 3.81. The van der Waals surface area contributed by atoms with Gasteiger partial charge in [0.15, 0.2) is 0 Å². The highest BCUT2D eigenvalue weighted by molar-refractivity contribution is 6.43. The second kappa shape index (κ2) is 5.46. The molecule has 94 valence electrons. The van der Waals surface area contributed by atoms with E-state index in [1.54, 1.807) is 36.6 Å². The molecule has 3 nitrogen and oxygen atoms in total. The average molecular weight is 284 g/mol. The molecule has 1 aromatic carbocycles. The normalized spacial score (nSPS) is 12.2. The highest BCUT2D eigenvalue weighted by Gasteiger charge is 2.16. The zero-order valence-electron chi connectivity index (χ0n) is 9.61. The van der Waals surface area contributed by atoms with Gasteiger partial charge in [-0.05, 0) is 31.2 Å². The highest BCUT2D eigenvalue weighted by Crippen LogP contribution is 2.26. The molecule has 0 aliphatic carbocycles. The lowest BCUT2D eigenvalue weighted by Gasteiger charge is -2.12. The zero-order chi connectivity index (χ0) is 13.1. The van der Waals surface area contributed by atoms with Gasteiger partial charge >= 0.3 is 0 Å². The Morgan fingerprint density at radius 3 is 2.72 bits per heavy atom. The van der Waals surface area contributed by atoms with Crippen LogP contribution in [0.15, 0.2) is 41.0 Å². The van der Waals surface area contributed by atoms with E-state index in [-0.39, 0.29) is 17.0 Å². The van der Waals surface area contributed by atoms with Crippen LogP contribution in [0, 0.1) is 0 Å². The summed E-state index contributed by atoms with van der Waals surface area (Å²) in [6.07, 6.45) is 1.56. The number of benzene rings is 1. The third-order valence-electron chi connectivity index (χ3n) is 2.51.